The van der Waals surface area contributed by atoms with Gasteiger partial charge in [0.15, 0.2) is 0 Å². The van der Waals surface area contributed by atoms with Gasteiger partial charge in [0, 0.05) is 0 Å². The second kappa shape index (κ2) is 7.20. The normalized spacial score (nSPS) is 12.7. The number of benzene rings is 1. The van der Waals surface area contributed by atoms with Crippen LogP contribution in [0.1, 0.15) is 19.4 Å². The van der Waals surface area contributed by atoms with Crippen molar-refractivity contribution in [2.75, 3.05) is 7.11 Å². The number of hydrogen-bond donors (Lipinski definition) is 1. The van der Waals surface area contributed by atoms with E-state index in [1.807, 2.05) is 6.07 Å². The van der Waals surface area contributed by atoms with E-state index in [1.165, 1.54) is 19.2 Å². The first-order valence-electron chi connectivity index (χ1n) is 6.38. The predicted molar refractivity (Wildman–Crippen MR) is 76.7 cm³/mol. The minimum absolute atomic E-state index is 0.0405. The van der Waals surface area contributed by atoms with E-state index in [-0.39, 0.29) is 17.2 Å². The average Bonchev–Trinajstić information content (AvgIpc) is 2.44. The molecular formula is C14H18N2O4S. The molecule has 1 aromatic carbocycles. The smallest absolute Gasteiger partial charge is 0.324 e. The van der Waals surface area contributed by atoms with E-state index in [4.69, 9.17) is 5.26 Å². The molecule has 1 unspecified atom stereocenters. The van der Waals surface area contributed by atoms with Gasteiger partial charge >= 0.3 is 5.97 Å². The SMILES string of the molecule is COC(=O)C(NS(=O)(=O)c1ccc(CC#N)cc1)C(C)C. The van der Waals surface area contributed by atoms with Crippen molar-refractivity contribution in [3.05, 3.63) is 29.8 Å². The average molecular weight is 310 g/mol. The molecule has 6 nitrogen and oxygen atoms in total. The molecule has 0 saturated carbocycles. The number of ether oxygens (including phenoxy) is 1. The summed E-state index contributed by atoms with van der Waals surface area (Å²) in [7, 11) is -2.61. The quantitative estimate of drug-likeness (QED) is 0.797. The molecule has 1 rings (SSSR count). The van der Waals surface area contributed by atoms with Crippen LogP contribution in [-0.2, 0) is 26.0 Å². The Balaban J connectivity index is 2.99. The third-order valence-electron chi connectivity index (χ3n) is 2.92. The first-order chi connectivity index (χ1) is 9.81. The Morgan fingerprint density at radius 1 is 1.33 bits per heavy atom. The first kappa shape index (κ1) is 17.1. The minimum Gasteiger partial charge on any atom is -0.468 e. The summed E-state index contributed by atoms with van der Waals surface area (Å²) in [6, 6.07) is 6.99. The highest BCUT2D eigenvalue weighted by Gasteiger charge is 2.28. The topological polar surface area (TPSA) is 96.3 Å². The Kier molecular flexibility index (Phi) is 5.88. The Bertz CT molecular complexity index is 630. The van der Waals surface area contributed by atoms with E-state index in [0.29, 0.717) is 0 Å². The number of sulfonamides is 1. The fourth-order valence-corrected chi connectivity index (χ4v) is 3.03. The molecule has 114 valence electrons. The summed E-state index contributed by atoms with van der Waals surface area (Å²) in [5, 5.41) is 8.59. The third kappa shape index (κ3) is 4.55. The monoisotopic (exact) mass is 310 g/mol. The minimum atomic E-state index is -3.83. The number of methoxy groups -OCH3 is 1. The van der Waals surface area contributed by atoms with Gasteiger partial charge in [0.05, 0.1) is 24.5 Å². The molecule has 0 bridgehead atoms. The fraction of sp³-hybridized carbons (Fsp3) is 0.429. The van der Waals surface area contributed by atoms with Crippen molar-refractivity contribution in [3.63, 3.8) is 0 Å². The summed E-state index contributed by atoms with van der Waals surface area (Å²) in [6.45, 7) is 3.44. The highest BCUT2D eigenvalue weighted by atomic mass is 32.2. The molecular weight excluding hydrogens is 292 g/mol. The fourth-order valence-electron chi connectivity index (χ4n) is 1.70. The highest BCUT2D eigenvalue weighted by Crippen LogP contribution is 2.14. The van der Waals surface area contributed by atoms with Crippen LogP contribution >= 0.6 is 0 Å². The Morgan fingerprint density at radius 2 is 1.90 bits per heavy atom. The van der Waals surface area contributed by atoms with E-state index in [9.17, 15) is 13.2 Å². The highest BCUT2D eigenvalue weighted by molar-refractivity contribution is 7.89. The maximum atomic E-state index is 12.3. The second-order valence-corrected chi connectivity index (χ2v) is 6.56. The number of nitriles is 1. The molecule has 0 aliphatic rings. The molecule has 0 heterocycles. The lowest BCUT2D eigenvalue weighted by molar-refractivity contribution is -0.143. The Hall–Kier alpha value is -1.91. The number of rotatable bonds is 6. The summed E-state index contributed by atoms with van der Waals surface area (Å²) in [4.78, 5) is 11.7. The zero-order valence-corrected chi connectivity index (χ0v) is 13.0. The number of carbonyl (C=O) groups excluding carboxylic acids is 1. The van der Waals surface area contributed by atoms with Gasteiger partial charge in [-0.1, -0.05) is 26.0 Å². The number of nitrogens with one attached hydrogen (secondary N) is 1. The van der Waals surface area contributed by atoms with Crippen molar-refractivity contribution >= 4 is 16.0 Å². The standard InChI is InChI=1S/C14H18N2O4S/c1-10(2)13(14(17)20-3)16-21(18,19)12-6-4-11(5-7-12)8-9-15/h4-7,10,13,16H,8H2,1-3H3. The van der Waals surface area contributed by atoms with E-state index in [1.54, 1.807) is 26.0 Å². The molecule has 1 aromatic rings. The number of esters is 1. The van der Waals surface area contributed by atoms with E-state index < -0.39 is 22.0 Å². The molecule has 0 spiro atoms. The number of nitrogens with zero attached hydrogens (tertiary/aromatic N) is 1. The summed E-state index contributed by atoms with van der Waals surface area (Å²) >= 11 is 0. The lowest BCUT2D eigenvalue weighted by atomic mass is 10.1. The Labute approximate surface area is 124 Å². The Morgan fingerprint density at radius 3 is 2.33 bits per heavy atom. The van der Waals surface area contributed by atoms with Crippen LogP contribution in [0.2, 0.25) is 0 Å². The van der Waals surface area contributed by atoms with Gasteiger partial charge in [-0.2, -0.15) is 9.98 Å². The van der Waals surface area contributed by atoms with Crippen LogP contribution < -0.4 is 4.72 Å². The summed E-state index contributed by atoms with van der Waals surface area (Å²) in [6.07, 6.45) is 0.213. The van der Waals surface area contributed by atoms with Gasteiger partial charge in [0.25, 0.3) is 0 Å². The van der Waals surface area contributed by atoms with Crippen molar-refractivity contribution in [1.29, 1.82) is 5.26 Å². The molecule has 1 atom stereocenters. The molecule has 7 heteroatoms. The largest absolute Gasteiger partial charge is 0.468 e. The molecule has 0 aromatic heterocycles. The maximum absolute atomic E-state index is 12.3. The van der Waals surface area contributed by atoms with Crippen molar-refractivity contribution < 1.29 is 17.9 Å². The van der Waals surface area contributed by atoms with E-state index in [2.05, 4.69) is 9.46 Å². The van der Waals surface area contributed by atoms with Gasteiger partial charge < -0.3 is 4.74 Å². The molecule has 1 N–H and O–H groups in total. The van der Waals surface area contributed by atoms with Gasteiger partial charge in [0.1, 0.15) is 6.04 Å². The van der Waals surface area contributed by atoms with Crippen molar-refractivity contribution in [3.8, 4) is 6.07 Å². The van der Waals surface area contributed by atoms with Crippen LogP contribution in [-0.4, -0.2) is 27.5 Å². The van der Waals surface area contributed by atoms with Crippen LogP contribution in [0.25, 0.3) is 0 Å². The number of carbonyl (C=O) groups is 1. The summed E-state index contributed by atoms with van der Waals surface area (Å²) in [5.74, 6) is -0.875. The molecule has 0 aliphatic carbocycles. The maximum Gasteiger partial charge on any atom is 0.324 e. The van der Waals surface area contributed by atoms with Crippen molar-refractivity contribution in [2.45, 2.75) is 31.2 Å². The van der Waals surface area contributed by atoms with Crippen molar-refractivity contribution in [1.82, 2.24) is 4.72 Å². The molecule has 0 aliphatic heterocycles. The summed E-state index contributed by atoms with van der Waals surface area (Å²) in [5.41, 5.74) is 0.727. The van der Waals surface area contributed by atoms with Gasteiger partial charge in [-0.05, 0) is 23.6 Å². The van der Waals surface area contributed by atoms with Gasteiger partial charge in [0.2, 0.25) is 10.0 Å². The van der Waals surface area contributed by atoms with Crippen LogP contribution in [0.15, 0.2) is 29.2 Å². The van der Waals surface area contributed by atoms with E-state index in [0.717, 1.165) is 5.56 Å². The van der Waals surface area contributed by atoms with Crippen LogP contribution in [0.4, 0.5) is 0 Å². The van der Waals surface area contributed by atoms with E-state index >= 15 is 0 Å². The lowest BCUT2D eigenvalue weighted by Gasteiger charge is -2.19. The van der Waals surface area contributed by atoms with Crippen molar-refractivity contribution in [2.24, 2.45) is 5.92 Å². The van der Waals surface area contributed by atoms with Gasteiger partial charge in [-0.15, -0.1) is 0 Å². The zero-order valence-electron chi connectivity index (χ0n) is 12.2. The zero-order chi connectivity index (χ0) is 16.0. The predicted octanol–water partition coefficient (Wildman–Crippen LogP) is 1.23. The molecule has 0 amide bonds. The second-order valence-electron chi connectivity index (χ2n) is 4.84. The number of hydrogen-bond acceptors (Lipinski definition) is 5. The van der Waals surface area contributed by atoms with Crippen LogP contribution in [0.3, 0.4) is 0 Å². The molecule has 21 heavy (non-hydrogen) atoms. The molecule has 0 fully saturated rings. The first-order valence-corrected chi connectivity index (χ1v) is 7.86. The molecule has 0 radical (unpaired) electrons. The van der Waals surface area contributed by atoms with Gasteiger partial charge in [-0.3, -0.25) is 4.79 Å². The lowest BCUT2D eigenvalue weighted by Crippen LogP contribution is -2.44. The van der Waals surface area contributed by atoms with Crippen LogP contribution in [0.5, 0.6) is 0 Å². The molecule has 0 saturated heterocycles. The van der Waals surface area contributed by atoms with Gasteiger partial charge in [-0.25, -0.2) is 8.42 Å². The third-order valence-corrected chi connectivity index (χ3v) is 4.38. The summed E-state index contributed by atoms with van der Waals surface area (Å²) < 4.78 is 31.5. The van der Waals surface area contributed by atoms with Crippen LogP contribution in [0, 0.1) is 17.2 Å².